The second kappa shape index (κ2) is 7.89. The van der Waals surface area contributed by atoms with E-state index in [9.17, 15) is 13.6 Å². The SMILES string of the molecule is Cc1c(F)cc([C@@H](C)NC(=O)c2coc(Oc3cccc4c3CCC4C)n2)cc1F. The van der Waals surface area contributed by atoms with Crippen molar-refractivity contribution < 1.29 is 22.7 Å². The third-order valence-electron chi connectivity index (χ3n) is 5.59. The van der Waals surface area contributed by atoms with Crippen LogP contribution in [0, 0.1) is 18.6 Å². The smallest absolute Gasteiger partial charge is 0.399 e. The molecular formula is C23H22F2N2O3. The van der Waals surface area contributed by atoms with E-state index in [4.69, 9.17) is 9.15 Å². The van der Waals surface area contributed by atoms with Gasteiger partial charge in [-0.2, -0.15) is 4.98 Å². The van der Waals surface area contributed by atoms with E-state index in [1.165, 1.54) is 30.9 Å². The van der Waals surface area contributed by atoms with Gasteiger partial charge in [0.25, 0.3) is 5.91 Å². The summed E-state index contributed by atoms with van der Waals surface area (Å²) in [6.45, 7) is 5.17. The maximum Gasteiger partial charge on any atom is 0.399 e. The molecule has 0 saturated carbocycles. The van der Waals surface area contributed by atoms with Gasteiger partial charge in [0, 0.05) is 5.56 Å². The monoisotopic (exact) mass is 412 g/mol. The minimum atomic E-state index is -0.659. The Morgan fingerprint density at radius 1 is 1.30 bits per heavy atom. The van der Waals surface area contributed by atoms with Gasteiger partial charge in [-0.15, -0.1) is 0 Å². The van der Waals surface area contributed by atoms with Crippen LogP contribution in [0.3, 0.4) is 0 Å². The lowest BCUT2D eigenvalue weighted by Gasteiger charge is -2.14. The predicted octanol–water partition coefficient (Wildman–Crippen LogP) is 5.59. The van der Waals surface area contributed by atoms with E-state index in [1.54, 1.807) is 6.92 Å². The topological polar surface area (TPSA) is 64.4 Å². The van der Waals surface area contributed by atoms with Crippen molar-refractivity contribution in [1.29, 1.82) is 0 Å². The molecule has 7 heteroatoms. The van der Waals surface area contributed by atoms with E-state index in [0.29, 0.717) is 17.2 Å². The quantitative estimate of drug-likeness (QED) is 0.593. The number of halogens is 2. The van der Waals surface area contributed by atoms with Gasteiger partial charge in [-0.05, 0) is 67.5 Å². The number of hydrogen-bond donors (Lipinski definition) is 1. The van der Waals surface area contributed by atoms with Gasteiger partial charge >= 0.3 is 6.08 Å². The molecular weight excluding hydrogens is 390 g/mol. The van der Waals surface area contributed by atoms with E-state index < -0.39 is 23.6 Å². The van der Waals surface area contributed by atoms with E-state index in [0.717, 1.165) is 18.4 Å². The van der Waals surface area contributed by atoms with Crippen LogP contribution in [0.1, 0.15) is 65.0 Å². The van der Waals surface area contributed by atoms with Crippen LogP contribution in [0.15, 0.2) is 41.0 Å². The number of rotatable bonds is 5. The number of hydrogen-bond acceptors (Lipinski definition) is 4. The second-order valence-corrected chi connectivity index (χ2v) is 7.67. The van der Waals surface area contributed by atoms with Crippen molar-refractivity contribution in [3.8, 4) is 11.8 Å². The van der Waals surface area contributed by atoms with E-state index in [1.807, 2.05) is 12.1 Å². The summed E-state index contributed by atoms with van der Waals surface area (Å²) in [5, 5.41) is 2.66. The Kier molecular flexibility index (Phi) is 5.28. The molecule has 2 aromatic carbocycles. The van der Waals surface area contributed by atoms with Crippen molar-refractivity contribution >= 4 is 5.91 Å². The Balaban J connectivity index is 1.46. The summed E-state index contributed by atoms with van der Waals surface area (Å²) in [4.78, 5) is 16.6. The zero-order chi connectivity index (χ0) is 21.4. The summed E-state index contributed by atoms with van der Waals surface area (Å²) in [6.07, 6.45) is 3.14. The maximum absolute atomic E-state index is 13.8. The molecule has 1 aromatic heterocycles. The number of carbonyl (C=O) groups is 1. The number of fused-ring (bicyclic) bond motifs is 1. The molecule has 1 aliphatic carbocycles. The second-order valence-electron chi connectivity index (χ2n) is 7.67. The van der Waals surface area contributed by atoms with Gasteiger partial charge in [-0.25, -0.2) is 8.78 Å². The van der Waals surface area contributed by atoms with E-state index in [-0.39, 0.29) is 17.3 Å². The minimum Gasteiger partial charge on any atom is -0.416 e. The molecule has 2 atom stereocenters. The highest BCUT2D eigenvalue weighted by atomic mass is 19.1. The van der Waals surface area contributed by atoms with Crippen molar-refractivity contribution in [3.63, 3.8) is 0 Å². The van der Waals surface area contributed by atoms with Crippen LogP contribution in [0.4, 0.5) is 8.78 Å². The molecule has 1 unspecified atom stereocenters. The molecule has 5 nitrogen and oxygen atoms in total. The van der Waals surface area contributed by atoms with Gasteiger partial charge in [0.15, 0.2) is 5.69 Å². The highest BCUT2D eigenvalue weighted by Crippen LogP contribution is 2.39. The third kappa shape index (κ3) is 3.79. The van der Waals surface area contributed by atoms with Crippen LogP contribution in [0.25, 0.3) is 0 Å². The van der Waals surface area contributed by atoms with Crippen LogP contribution in [-0.2, 0) is 6.42 Å². The number of nitrogens with zero attached hydrogens (tertiary/aromatic N) is 1. The standard InChI is InChI=1S/C23H22F2N2O3/c1-12-7-8-17-16(12)5-4-6-21(17)30-23-27-20(11-29-23)22(28)26-14(3)15-9-18(24)13(2)19(25)10-15/h4-6,9-12,14H,7-8H2,1-3H3,(H,26,28)/t12?,14-/m1/s1. The summed E-state index contributed by atoms with van der Waals surface area (Å²) >= 11 is 0. The summed E-state index contributed by atoms with van der Waals surface area (Å²) in [5.74, 6) is -0.702. The van der Waals surface area contributed by atoms with Crippen LogP contribution in [0.2, 0.25) is 0 Å². The zero-order valence-corrected chi connectivity index (χ0v) is 17.0. The lowest BCUT2D eigenvalue weighted by molar-refractivity contribution is 0.0934. The molecule has 0 fully saturated rings. The molecule has 3 aromatic rings. The van der Waals surface area contributed by atoms with Crippen molar-refractivity contribution in [1.82, 2.24) is 10.3 Å². The molecule has 0 spiro atoms. The molecule has 1 amide bonds. The molecule has 1 N–H and O–H groups in total. The number of nitrogens with one attached hydrogen (secondary N) is 1. The number of carbonyl (C=O) groups excluding carboxylic acids is 1. The minimum absolute atomic E-state index is 0.0193. The van der Waals surface area contributed by atoms with Gasteiger partial charge in [-0.1, -0.05) is 19.1 Å². The zero-order valence-electron chi connectivity index (χ0n) is 17.0. The molecule has 1 heterocycles. The third-order valence-corrected chi connectivity index (χ3v) is 5.59. The first-order valence-corrected chi connectivity index (χ1v) is 9.85. The largest absolute Gasteiger partial charge is 0.416 e. The Morgan fingerprint density at radius 2 is 2.03 bits per heavy atom. The fourth-order valence-electron chi connectivity index (χ4n) is 3.70. The fourth-order valence-corrected chi connectivity index (χ4v) is 3.70. The van der Waals surface area contributed by atoms with Crippen molar-refractivity contribution in [2.75, 3.05) is 0 Å². The van der Waals surface area contributed by atoms with E-state index in [2.05, 4.69) is 23.3 Å². The average molecular weight is 412 g/mol. The Labute approximate surface area is 173 Å². The Hall–Kier alpha value is -3.22. The van der Waals surface area contributed by atoms with Crippen LogP contribution in [-0.4, -0.2) is 10.9 Å². The molecule has 1 aliphatic rings. The first-order valence-electron chi connectivity index (χ1n) is 9.85. The summed E-state index contributed by atoms with van der Waals surface area (Å²) in [7, 11) is 0. The highest BCUT2D eigenvalue weighted by Gasteiger charge is 2.23. The lowest BCUT2D eigenvalue weighted by Crippen LogP contribution is -2.27. The summed E-state index contributed by atoms with van der Waals surface area (Å²) in [6, 6.07) is 7.65. The maximum atomic E-state index is 13.8. The predicted molar refractivity (Wildman–Crippen MR) is 107 cm³/mol. The normalized spacial score (nSPS) is 16.2. The highest BCUT2D eigenvalue weighted by molar-refractivity contribution is 5.92. The first kappa shape index (κ1) is 20.1. The van der Waals surface area contributed by atoms with Crippen molar-refractivity contribution in [2.24, 2.45) is 0 Å². The van der Waals surface area contributed by atoms with Crippen molar-refractivity contribution in [3.05, 3.63) is 76.2 Å². The Bertz CT molecular complexity index is 1090. The van der Waals surface area contributed by atoms with E-state index >= 15 is 0 Å². The number of ether oxygens (including phenoxy) is 1. The van der Waals surface area contributed by atoms with Gasteiger partial charge in [0.1, 0.15) is 23.6 Å². The summed E-state index contributed by atoms with van der Waals surface area (Å²) < 4.78 is 38.7. The van der Waals surface area contributed by atoms with Gasteiger partial charge < -0.3 is 14.5 Å². The molecule has 4 rings (SSSR count). The molecule has 0 bridgehead atoms. The van der Waals surface area contributed by atoms with Crippen LogP contribution < -0.4 is 10.1 Å². The summed E-state index contributed by atoms with van der Waals surface area (Å²) in [5.41, 5.74) is 2.66. The Morgan fingerprint density at radius 3 is 2.77 bits per heavy atom. The lowest BCUT2D eigenvalue weighted by atomic mass is 10.0. The number of oxazole rings is 1. The van der Waals surface area contributed by atoms with Crippen molar-refractivity contribution in [2.45, 2.75) is 45.6 Å². The van der Waals surface area contributed by atoms with Crippen LogP contribution in [0.5, 0.6) is 11.8 Å². The number of aromatic nitrogens is 1. The molecule has 0 aliphatic heterocycles. The van der Waals surface area contributed by atoms with Gasteiger partial charge in [0.05, 0.1) is 6.04 Å². The average Bonchev–Trinajstić information content (AvgIpc) is 3.33. The molecule has 0 radical (unpaired) electrons. The molecule has 0 saturated heterocycles. The first-order chi connectivity index (χ1) is 14.3. The van der Waals surface area contributed by atoms with Gasteiger partial charge in [0.2, 0.25) is 0 Å². The fraction of sp³-hybridized carbons (Fsp3) is 0.304. The van der Waals surface area contributed by atoms with Crippen LogP contribution >= 0.6 is 0 Å². The number of amides is 1. The number of benzene rings is 2. The van der Waals surface area contributed by atoms with Gasteiger partial charge in [-0.3, -0.25) is 4.79 Å². The molecule has 30 heavy (non-hydrogen) atoms. The molecule has 156 valence electrons.